The zero-order chi connectivity index (χ0) is 24.0. The Balaban J connectivity index is 1.67. The summed E-state index contributed by atoms with van der Waals surface area (Å²) in [7, 11) is 0. The van der Waals surface area contributed by atoms with E-state index in [1.54, 1.807) is 47.9 Å². The Morgan fingerprint density at radius 3 is 2.42 bits per heavy atom. The van der Waals surface area contributed by atoms with Crippen molar-refractivity contribution in [2.45, 2.75) is 34.2 Å². The minimum absolute atomic E-state index is 0.168. The van der Waals surface area contributed by atoms with Gasteiger partial charge in [-0.3, -0.25) is 9.59 Å². The Hall–Kier alpha value is -3.88. The summed E-state index contributed by atoms with van der Waals surface area (Å²) in [5.41, 5.74) is 2.04. The Bertz CT molecular complexity index is 1230. The standard InChI is InChI=1S/C24H27N3O6/c1-5-27-19-10-8-16(12-18(19)25-15(4)23(27)29)24(30)33-14-22(28)26-17-9-11-20(31-6-2)21(13-17)32-7-3/h8-13H,5-7,14H2,1-4H3,(H,26,28). The number of carbonyl (C=O) groups excluding carboxylic acids is 2. The first-order chi connectivity index (χ1) is 15.9. The zero-order valence-corrected chi connectivity index (χ0v) is 19.1. The van der Waals surface area contributed by atoms with Crippen molar-refractivity contribution < 1.29 is 23.8 Å². The van der Waals surface area contributed by atoms with Crippen molar-refractivity contribution in [3.8, 4) is 11.5 Å². The number of esters is 1. The van der Waals surface area contributed by atoms with Gasteiger partial charge in [0, 0.05) is 18.3 Å². The highest BCUT2D eigenvalue weighted by atomic mass is 16.5. The number of rotatable bonds is 9. The molecule has 2 aromatic carbocycles. The van der Waals surface area contributed by atoms with Gasteiger partial charge in [0.1, 0.15) is 5.69 Å². The second-order valence-corrected chi connectivity index (χ2v) is 7.10. The topological polar surface area (TPSA) is 109 Å². The molecule has 1 N–H and O–H groups in total. The highest BCUT2D eigenvalue weighted by molar-refractivity contribution is 5.97. The highest BCUT2D eigenvalue weighted by Gasteiger charge is 2.14. The maximum Gasteiger partial charge on any atom is 0.338 e. The minimum Gasteiger partial charge on any atom is -0.490 e. The molecule has 33 heavy (non-hydrogen) atoms. The van der Waals surface area contributed by atoms with Crippen molar-refractivity contribution in [2.24, 2.45) is 0 Å². The van der Waals surface area contributed by atoms with Gasteiger partial charge in [-0.15, -0.1) is 0 Å². The summed E-state index contributed by atoms with van der Waals surface area (Å²) in [6, 6.07) is 9.78. The molecule has 0 fully saturated rings. The molecule has 3 rings (SSSR count). The molecule has 174 valence electrons. The molecule has 1 heterocycles. The molecule has 0 saturated heterocycles. The van der Waals surface area contributed by atoms with Crippen LogP contribution in [0.1, 0.15) is 36.8 Å². The third-order valence-electron chi connectivity index (χ3n) is 4.82. The first-order valence-corrected chi connectivity index (χ1v) is 10.8. The van der Waals surface area contributed by atoms with E-state index >= 15 is 0 Å². The highest BCUT2D eigenvalue weighted by Crippen LogP contribution is 2.30. The van der Waals surface area contributed by atoms with Crippen LogP contribution in [0.2, 0.25) is 0 Å². The lowest BCUT2D eigenvalue weighted by atomic mass is 10.2. The van der Waals surface area contributed by atoms with Gasteiger partial charge >= 0.3 is 5.97 Å². The van der Waals surface area contributed by atoms with Crippen LogP contribution >= 0.6 is 0 Å². The zero-order valence-electron chi connectivity index (χ0n) is 19.1. The first kappa shape index (κ1) is 23.8. The van der Waals surface area contributed by atoms with Gasteiger partial charge in [-0.25, -0.2) is 9.78 Å². The Labute approximate surface area is 191 Å². The quantitative estimate of drug-likeness (QED) is 0.495. The lowest BCUT2D eigenvalue weighted by Crippen LogP contribution is -2.23. The SMILES string of the molecule is CCOc1ccc(NC(=O)COC(=O)c2ccc3c(c2)nc(C)c(=O)n3CC)cc1OCC. The van der Waals surface area contributed by atoms with Crippen LogP contribution in [0, 0.1) is 6.92 Å². The maximum atomic E-state index is 12.5. The second kappa shape index (κ2) is 10.6. The summed E-state index contributed by atoms with van der Waals surface area (Å²) < 4.78 is 17.8. The van der Waals surface area contributed by atoms with Gasteiger partial charge < -0.3 is 24.1 Å². The lowest BCUT2D eigenvalue weighted by Gasteiger charge is -2.13. The molecular weight excluding hydrogens is 426 g/mol. The van der Waals surface area contributed by atoms with Crippen LogP contribution in [0.15, 0.2) is 41.2 Å². The fourth-order valence-corrected chi connectivity index (χ4v) is 3.36. The van der Waals surface area contributed by atoms with Crippen LogP contribution in [0.3, 0.4) is 0 Å². The number of aromatic nitrogens is 2. The van der Waals surface area contributed by atoms with Crippen molar-refractivity contribution in [1.82, 2.24) is 9.55 Å². The summed E-state index contributed by atoms with van der Waals surface area (Å²) in [4.78, 5) is 41.3. The average molecular weight is 453 g/mol. The first-order valence-electron chi connectivity index (χ1n) is 10.8. The summed E-state index contributed by atoms with van der Waals surface area (Å²) in [6.07, 6.45) is 0. The summed E-state index contributed by atoms with van der Waals surface area (Å²) >= 11 is 0. The van der Waals surface area contributed by atoms with E-state index in [0.717, 1.165) is 0 Å². The predicted molar refractivity (Wildman–Crippen MR) is 124 cm³/mol. The van der Waals surface area contributed by atoms with Gasteiger partial charge in [-0.1, -0.05) is 0 Å². The van der Waals surface area contributed by atoms with Gasteiger partial charge in [-0.05, 0) is 58.0 Å². The van der Waals surface area contributed by atoms with E-state index in [1.165, 1.54) is 0 Å². The second-order valence-electron chi connectivity index (χ2n) is 7.10. The lowest BCUT2D eigenvalue weighted by molar-refractivity contribution is -0.119. The largest absolute Gasteiger partial charge is 0.490 e. The Morgan fingerprint density at radius 2 is 1.73 bits per heavy atom. The normalized spacial score (nSPS) is 10.7. The Morgan fingerprint density at radius 1 is 1.00 bits per heavy atom. The number of benzene rings is 2. The number of nitrogens with one attached hydrogen (secondary N) is 1. The van der Waals surface area contributed by atoms with Crippen molar-refractivity contribution in [2.75, 3.05) is 25.1 Å². The molecule has 0 unspecified atom stereocenters. The molecule has 9 nitrogen and oxygen atoms in total. The van der Waals surface area contributed by atoms with E-state index in [1.807, 2.05) is 20.8 Å². The van der Waals surface area contributed by atoms with E-state index in [-0.39, 0.29) is 11.1 Å². The monoisotopic (exact) mass is 453 g/mol. The minimum atomic E-state index is -0.664. The molecule has 1 amide bonds. The molecule has 0 spiro atoms. The van der Waals surface area contributed by atoms with Crippen molar-refractivity contribution in [1.29, 1.82) is 0 Å². The molecule has 1 aromatic heterocycles. The molecule has 0 aliphatic rings. The number of fused-ring (bicyclic) bond motifs is 1. The van der Waals surface area contributed by atoms with Crippen LogP contribution in [-0.4, -0.2) is 41.2 Å². The Kier molecular flexibility index (Phi) is 7.66. The number of hydrogen-bond donors (Lipinski definition) is 1. The number of carbonyl (C=O) groups is 2. The van der Waals surface area contributed by atoms with E-state index in [0.29, 0.717) is 53.7 Å². The summed E-state index contributed by atoms with van der Waals surface area (Å²) in [5.74, 6) is -0.0666. The van der Waals surface area contributed by atoms with Crippen molar-refractivity contribution in [3.63, 3.8) is 0 Å². The van der Waals surface area contributed by atoms with Gasteiger partial charge in [0.25, 0.3) is 11.5 Å². The van der Waals surface area contributed by atoms with E-state index in [4.69, 9.17) is 14.2 Å². The van der Waals surface area contributed by atoms with Crippen LogP contribution in [0.4, 0.5) is 5.69 Å². The fraction of sp³-hybridized carbons (Fsp3) is 0.333. The molecule has 0 radical (unpaired) electrons. The number of nitrogens with zero attached hydrogens (tertiary/aromatic N) is 2. The smallest absolute Gasteiger partial charge is 0.338 e. The van der Waals surface area contributed by atoms with E-state index in [2.05, 4.69) is 10.3 Å². The van der Waals surface area contributed by atoms with Crippen LogP contribution in [-0.2, 0) is 16.1 Å². The number of anilines is 1. The van der Waals surface area contributed by atoms with Crippen molar-refractivity contribution >= 4 is 28.6 Å². The molecule has 0 bridgehead atoms. The van der Waals surface area contributed by atoms with Gasteiger partial charge in [-0.2, -0.15) is 0 Å². The van der Waals surface area contributed by atoms with E-state index < -0.39 is 18.5 Å². The van der Waals surface area contributed by atoms with Crippen LogP contribution in [0.25, 0.3) is 11.0 Å². The van der Waals surface area contributed by atoms with Gasteiger partial charge in [0.05, 0.1) is 29.8 Å². The third-order valence-corrected chi connectivity index (χ3v) is 4.82. The molecule has 0 saturated carbocycles. The summed E-state index contributed by atoms with van der Waals surface area (Å²) in [5, 5.41) is 2.67. The molecule has 0 atom stereocenters. The number of ether oxygens (including phenoxy) is 3. The number of amides is 1. The molecule has 3 aromatic rings. The van der Waals surface area contributed by atoms with Crippen molar-refractivity contribution in [3.05, 3.63) is 58.0 Å². The van der Waals surface area contributed by atoms with Gasteiger partial charge in [0.15, 0.2) is 18.1 Å². The maximum absolute atomic E-state index is 12.5. The van der Waals surface area contributed by atoms with Crippen LogP contribution in [0.5, 0.6) is 11.5 Å². The number of hydrogen-bond acceptors (Lipinski definition) is 7. The van der Waals surface area contributed by atoms with E-state index in [9.17, 15) is 14.4 Å². The molecular formula is C24H27N3O6. The predicted octanol–water partition coefficient (Wildman–Crippen LogP) is 3.32. The van der Waals surface area contributed by atoms with Crippen LogP contribution < -0.4 is 20.3 Å². The summed E-state index contributed by atoms with van der Waals surface area (Å²) in [6.45, 7) is 8.17. The third kappa shape index (κ3) is 5.49. The van der Waals surface area contributed by atoms with Gasteiger partial charge in [0.2, 0.25) is 0 Å². The fourth-order valence-electron chi connectivity index (χ4n) is 3.36. The average Bonchev–Trinajstić information content (AvgIpc) is 2.80. The molecule has 9 heteroatoms. The number of aryl methyl sites for hydroxylation is 2. The molecule has 0 aliphatic heterocycles. The molecule has 0 aliphatic carbocycles.